The third-order valence-electron chi connectivity index (χ3n) is 3.15. The molecule has 5 nitrogen and oxygen atoms in total. The normalized spacial score (nSPS) is 10.2. The number of nitrogens with zero attached hydrogens (tertiary/aromatic N) is 1. The van der Waals surface area contributed by atoms with Gasteiger partial charge in [0, 0.05) is 12.7 Å². The number of nitro groups is 1. The summed E-state index contributed by atoms with van der Waals surface area (Å²) in [6.45, 7) is 3.96. The minimum atomic E-state index is -0.376. The van der Waals surface area contributed by atoms with E-state index in [9.17, 15) is 10.1 Å². The van der Waals surface area contributed by atoms with Crippen LogP contribution in [0.3, 0.4) is 0 Å². The quantitative estimate of drug-likeness (QED) is 0.651. The summed E-state index contributed by atoms with van der Waals surface area (Å²) in [6.07, 6.45) is 0. The topological polar surface area (TPSA) is 67.2 Å². The molecule has 0 unspecified atom stereocenters. The third kappa shape index (κ3) is 2.71. The molecule has 2 aromatic rings. The van der Waals surface area contributed by atoms with Gasteiger partial charge in [0.05, 0.1) is 4.92 Å². The molecular weight excluding hydrogens is 254 g/mol. The van der Waals surface area contributed by atoms with E-state index in [0.717, 1.165) is 16.8 Å². The maximum atomic E-state index is 11.3. The molecule has 0 aliphatic heterocycles. The first-order valence-corrected chi connectivity index (χ1v) is 6.32. The average molecular weight is 271 g/mol. The number of para-hydroxylation sites is 1. The molecule has 0 radical (unpaired) electrons. The van der Waals surface area contributed by atoms with E-state index in [1.54, 1.807) is 25.2 Å². The summed E-state index contributed by atoms with van der Waals surface area (Å²) in [5.74, 6) is 0. The van der Waals surface area contributed by atoms with Gasteiger partial charge >= 0.3 is 5.69 Å². The maximum absolute atomic E-state index is 11.3. The van der Waals surface area contributed by atoms with Gasteiger partial charge in [0.25, 0.3) is 0 Å². The molecule has 0 fully saturated rings. The van der Waals surface area contributed by atoms with Crippen LogP contribution in [0.2, 0.25) is 0 Å². The van der Waals surface area contributed by atoms with Crippen LogP contribution in [0, 0.1) is 24.0 Å². The summed E-state index contributed by atoms with van der Waals surface area (Å²) in [5.41, 5.74) is 4.04. The molecule has 0 bridgehead atoms. The minimum absolute atomic E-state index is 0.0518. The highest BCUT2D eigenvalue weighted by Gasteiger charge is 2.19. The van der Waals surface area contributed by atoms with Crippen LogP contribution in [-0.2, 0) is 0 Å². The molecular formula is C15H17N3O2. The Hall–Kier alpha value is -2.56. The second-order valence-corrected chi connectivity index (χ2v) is 4.65. The van der Waals surface area contributed by atoms with Crippen molar-refractivity contribution >= 4 is 22.7 Å². The molecule has 0 aromatic heterocycles. The second kappa shape index (κ2) is 5.61. The van der Waals surface area contributed by atoms with Gasteiger partial charge in [0.2, 0.25) is 0 Å². The summed E-state index contributed by atoms with van der Waals surface area (Å²) in [5, 5.41) is 17.3. The third-order valence-corrected chi connectivity index (χ3v) is 3.15. The van der Waals surface area contributed by atoms with E-state index in [1.807, 2.05) is 32.0 Å². The highest BCUT2D eigenvalue weighted by molar-refractivity contribution is 5.80. The standard InChI is InChI=1S/C15H17N3O2/c1-10-7-8-11(2)14(9-10)17-13-6-4-5-12(16-3)15(13)18(19)20/h4-9,16-17H,1-3H3. The Balaban J connectivity index is 2.48. The van der Waals surface area contributed by atoms with Crippen LogP contribution in [-0.4, -0.2) is 12.0 Å². The van der Waals surface area contributed by atoms with Crippen LogP contribution < -0.4 is 10.6 Å². The molecule has 2 N–H and O–H groups in total. The zero-order valence-corrected chi connectivity index (χ0v) is 11.7. The average Bonchev–Trinajstić information content (AvgIpc) is 2.42. The molecule has 5 heteroatoms. The molecule has 2 aromatic carbocycles. The Labute approximate surface area is 117 Å². The lowest BCUT2D eigenvalue weighted by atomic mass is 10.1. The number of aryl methyl sites for hydroxylation is 2. The Morgan fingerprint density at radius 1 is 1.05 bits per heavy atom. The Kier molecular flexibility index (Phi) is 3.89. The number of anilines is 3. The predicted octanol–water partition coefficient (Wildman–Crippen LogP) is 4.00. The smallest absolute Gasteiger partial charge is 0.315 e. The van der Waals surface area contributed by atoms with Gasteiger partial charge in [-0.1, -0.05) is 18.2 Å². The monoisotopic (exact) mass is 271 g/mol. The zero-order valence-electron chi connectivity index (χ0n) is 11.7. The first-order valence-electron chi connectivity index (χ1n) is 6.32. The van der Waals surface area contributed by atoms with Crippen molar-refractivity contribution in [2.45, 2.75) is 13.8 Å². The SMILES string of the molecule is CNc1cccc(Nc2cc(C)ccc2C)c1[N+](=O)[O-]. The van der Waals surface area contributed by atoms with Crippen molar-refractivity contribution in [3.05, 3.63) is 57.6 Å². The first-order chi connectivity index (χ1) is 9.52. The molecule has 2 rings (SSSR count). The summed E-state index contributed by atoms with van der Waals surface area (Å²) >= 11 is 0. The lowest BCUT2D eigenvalue weighted by Gasteiger charge is -2.12. The summed E-state index contributed by atoms with van der Waals surface area (Å²) in [7, 11) is 1.67. The zero-order chi connectivity index (χ0) is 14.7. The van der Waals surface area contributed by atoms with Gasteiger partial charge in [0.1, 0.15) is 11.4 Å². The first kappa shape index (κ1) is 13.9. The van der Waals surface area contributed by atoms with E-state index >= 15 is 0 Å². The molecule has 104 valence electrons. The van der Waals surface area contributed by atoms with Crippen molar-refractivity contribution in [2.75, 3.05) is 17.7 Å². The van der Waals surface area contributed by atoms with E-state index < -0.39 is 0 Å². The Morgan fingerprint density at radius 3 is 2.40 bits per heavy atom. The van der Waals surface area contributed by atoms with Crippen molar-refractivity contribution in [2.24, 2.45) is 0 Å². The Morgan fingerprint density at radius 2 is 1.75 bits per heavy atom. The van der Waals surface area contributed by atoms with Gasteiger partial charge in [0.15, 0.2) is 0 Å². The van der Waals surface area contributed by atoms with E-state index in [1.165, 1.54) is 0 Å². The van der Waals surface area contributed by atoms with Crippen LogP contribution in [0.15, 0.2) is 36.4 Å². The lowest BCUT2D eigenvalue weighted by molar-refractivity contribution is -0.383. The van der Waals surface area contributed by atoms with Crippen molar-refractivity contribution in [1.82, 2.24) is 0 Å². The van der Waals surface area contributed by atoms with Gasteiger partial charge < -0.3 is 10.6 Å². The van der Waals surface area contributed by atoms with Crippen LogP contribution >= 0.6 is 0 Å². The maximum Gasteiger partial charge on any atom is 0.315 e. The largest absolute Gasteiger partial charge is 0.382 e. The molecule has 0 atom stereocenters. The number of rotatable bonds is 4. The molecule has 0 aliphatic rings. The van der Waals surface area contributed by atoms with Gasteiger partial charge in [-0.15, -0.1) is 0 Å². The van der Waals surface area contributed by atoms with Crippen LogP contribution in [0.25, 0.3) is 0 Å². The fourth-order valence-corrected chi connectivity index (χ4v) is 2.06. The van der Waals surface area contributed by atoms with Crippen molar-refractivity contribution in [1.29, 1.82) is 0 Å². The van der Waals surface area contributed by atoms with Gasteiger partial charge in [-0.05, 0) is 43.2 Å². The number of nitrogens with one attached hydrogen (secondary N) is 2. The van der Waals surface area contributed by atoms with E-state index in [2.05, 4.69) is 10.6 Å². The second-order valence-electron chi connectivity index (χ2n) is 4.65. The number of nitro benzene ring substituents is 1. The predicted molar refractivity (Wildman–Crippen MR) is 81.8 cm³/mol. The van der Waals surface area contributed by atoms with Gasteiger partial charge in [-0.25, -0.2) is 0 Å². The number of hydrogen-bond donors (Lipinski definition) is 2. The van der Waals surface area contributed by atoms with Crippen LogP contribution in [0.1, 0.15) is 11.1 Å². The highest BCUT2D eigenvalue weighted by Crippen LogP contribution is 2.35. The van der Waals surface area contributed by atoms with Gasteiger partial charge in [-0.3, -0.25) is 10.1 Å². The molecule has 0 amide bonds. The minimum Gasteiger partial charge on any atom is -0.382 e. The van der Waals surface area contributed by atoms with E-state index in [4.69, 9.17) is 0 Å². The Bertz CT molecular complexity index is 654. The van der Waals surface area contributed by atoms with Crippen molar-refractivity contribution in [3.63, 3.8) is 0 Å². The summed E-state index contributed by atoms with van der Waals surface area (Å²) in [6, 6.07) is 11.2. The fourth-order valence-electron chi connectivity index (χ4n) is 2.06. The molecule has 0 spiro atoms. The highest BCUT2D eigenvalue weighted by atomic mass is 16.6. The van der Waals surface area contributed by atoms with Crippen molar-refractivity contribution in [3.8, 4) is 0 Å². The molecule has 0 heterocycles. The van der Waals surface area contributed by atoms with Crippen molar-refractivity contribution < 1.29 is 4.92 Å². The van der Waals surface area contributed by atoms with Gasteiger partial charge in [-0.2, -0.15) is 0 Å². The fraction of sp³-hybridized carbons (Fsp3) is 0.200. The summed E-state index contributed by atoms with van der Waals surface area (Å²) in [4.78, 5) is 10.9. The van der Waals surface area contributed by atoms with E-state index in [0.29, 0.717) is 11.4 Å². The molecule has 0 saturated heterocycles. The molecule has 0 aliphatic carbocycles. The molecule has 20 heavy (non-hydrogen) atoms. The van der Waals surface area contributed by atoms with Crippen LogP contribution in [0.5, 0.6) is 0 Å². The van der Waals surface area contributed by atoms with Crippen LogP contribution in [0.4, 0.5) is 22.7 Å². The molecule has 0 saturated carbocycles. The van der Waals surface area contributed by atoms with E-state index in [-0.39, 0.29) is 10.6 Å². The number of hydrogen-bond acceptors (Lipinski definition) is 4. The lowest BCUT2D eigenvalue weighted by Crippen LogP contribution is -2.02. The summed E-state index contributed by atoms with van der Waals surface area (Å²) < 4.78 is 0. The number of benzene rings is 2.